The van der Waals surface area contributed by atoms with Crippen LogP contribution in [0.25, 0.3) is 0 Å². The highest BCUT2D eigenvalue weighted by Gasteiger charge is 2.37. The number of anilines is 1. The number of nitrogens with zero attached hydrogens (tertiary/aromatic N) is 1. The van der Waals surface area contributed by atoms with Gasteiger partial charge in [0.25, 0.3) is 0 Å². The van der Waals surface area contributed by atoms with E-state index in [1.165, 1.54) is 0 Å². The molecule has 1 aliphatic rings. The summed E-state index contributed by atoms with van der Waals surface area (Å²) in [4.78, 5) is 28.6. The van der Waals surface area contributed by atoms with Gasteiger partial charge in [0.05, 0.1) is 16.8 Å². The molecule has 5 nitrogen and oxygen atoms in total. The van der Waals surface area contributed by atoms with Crippen molar-refractivity contribution >= 4 is 46.5 Å². The van der Waals surface area contributed by atoms with E-state index in [0.717, 1.165) is 5.56 Å². The van der Waals surface area contributed by atoms with Gasteiger partial charge in [0, 0.05) is 10.7 Å². The first-order valence-electron chi connectivity index (χ1n) is 7.62. The standard InChI is InChI=1S/C18H15Cl2N3O2/c1-10-15(17(24)22-14-8-3-2-7-13(14)20)16(23-18(25)21-10)11-5-4-6-12(19)9-11/h2-9,15-16H,1H3,(H,22,24)(H,23,25). The zero-order chi connectivity index (χ0) is 18.0. The first kappa shape index (κ1) is 17.5. The molecule has 3 rings (SSSR count). The Balaban J connectivity index is 1.94. The number of urea groups is 1. The zero-order valence-corrected chi connectivity index (χ0v) is 14.8. The molecule has 0 aromatic heterocycles. The van der Waals surface area contributed by atoms with Crippen molar-refractivity contribution in [2.24, 2.45) is 10.9 Å². The topological polar surface area (TPSA) is 70.6 Å². The Kier molecular flexibility index (Phi) is 5.06. The maximum atomic E-state index is 12.9. The molecule has 0 aliphatic carbocycles. The molecule has 2 unspecified atom stereocenters. The van der Waals surface area contributed by atoms with E-state index in [2.05, 4.69) is 15.6 Å². The molecule has 7 heteroatoms. The summed E-state index contributed by atoms with van der Waals surface area (Å²) in [7, 11) is 0. The van der Waals surface area contributed by atoms with Gasteiger partial charge in [-0.3, -0.25) is 4.79 Å². The van der Waals surface area contributed by atoms with Crippen molar-refractivity contribution in [3.05, 3.63) is 64.1 Å². The number of aliphatic imine (C=N–C) groups is 1. The Bertz CT molecular complexity index is 867. The van der Waals surface area contributed by atoms with E-state index in [1.54, 1.807) is 49.4 Å². The van der Waals surface area contributed by atoms with Crippen LogP contribution in [0.1, 0.15) is 18.5 Å². The fourth-order valence-electron chi connectivity index (χ4n) is 2.81. The lowest BCUT2D eigenvalue weighted by Gasteiger charge is -2.30. The SMILES string of the molecule is CC1=NC(=O)NC(c2cccc(Cl)c2)C1C(=O)Nc1ccccc1Cl. The zero-order valence-electron chi connectivity index (χ0n) is 13.3. The highest BCUT2D eigenvalue weighted by atomic mass is 35.5. The minimum Gasteiger partial charge on any atom is -0.328 e. The van der Waals surface area contributed by atoms with E-state index in [-0.39, 0.29) is 5.91 Å². The Morgan fingerprint density at radius 2 is 1.92 bits per heavy atom. The van der Waals surface area contributed by atoms with Gasteiger partial charge >= 0.3 is 6.03 Å². The minimum absolute atomic E-state index is 0.306. The van der Waals surface area contributed by atoms with Gasteiger partial charge in [0.1, 0.15) is 5.92 Å². The first-order chi connectivity index (χ1) is 12.0. The van der Waals surface area contributed by atoms with Crippen LogP contribution in [0.2, 0.25) is 10.0 Å². The molecular weight excluding hydrogens is 361 g/mol. The molecular formula is C18H15Cl2N3O2. The molecule has 128 valence electrons. The fraction of sp³-hybridized carbons (Fsp3) is 0.167. The highest BCUT2D eigenvalue weighted by Crippen LogP contribution is 2.30. The van der Waals surface area contributed by atoms with Gasteiger partial charge in [-0.05, 0) is 36.8 Å². The van der Waals surface area contributed by atoms with Crippen LogP contribution in [0.4, 0.5) is 10.5 Å². The molecule has 2 aromatic rings. The summed E-state index contributed by atoms with van der Waals surface area (Å²) in [5, 5.41) is 6.51. The average Bonchev–Trinajstić information content (AvgIpc) is 2.56. The van der Waals surface area contributed by atoms with Crippen LogP contribution < -0.4 is 10.6 Å². The van der Waals surface area contributed by atoms with Crippen LogP contribution >= 0.6 is 23.2 Å². The molecule has 0 bridgehead atoms. The predicted octanol–water partition coefficient (Wildman–Crippen LogP) is 4.47. The van der Waals surface area contributed by atoms with Crippen molar-refractivity contribution in [1.29, 1.82) is 0 Å². The summed E-state index contributed by atoms with van der Waals surface area (Å²) < 4.78 is 0. The van der Waals surface area contributed by atoms with E-state index < -0.39 is 18.0 Å². The lowest BCUT2D eigenvalue weighted by Crippen LogP contribution is -2.45. The Labute approximate surface area is 155 Å². The molecule has 2 N–H and O–H groups in total. The largest absolute Gasteiger partial charge is 0.341 e. The van der Waals surface area contributed by atoms with Crippen molar-refractivity contribution in [3.63, 3.8) is 0 Å². The number of carbonyl (C=O) groups excluding carboxylic acids is 2. The second-order valence-electron chi connectivity index (χ2n) is 5.68. The number of hydrogen-bond donors (Lipinski definition) is 2. The molecule has 25 heavy (non-hydrogen) atoms. The van der Waals surface area contributed by atoms with Gasteiger partial charge in [0.15, 0.2) is 0 Å². The summed E-state index contributed by atoms with van der Waals surface area (Å²) in [6.45, 7) is 1.66. The number of carbonyl (C=O) groups is 2. The van der Waals surface area contributed by atoms with E-state index in [9.17, 15) is 9.59 Å². The lowest BCUT2D eigenvalue weighted by atomic mass is 9.87. The molecule has 2 atom stereocenters. The number of hydrogen-bond acceptors (Lipinski definition) is 2. The second kappa shape index (κ2) is 7.25. The predicted molar refractivity (Wildman–Crippen MR) is 99.4 cm³/mol. The smallest absolute Gasteiger partial charge is 0.328 e. The van der Waals surface area contributed by atoms with E-state index in [0.29, 0.717) is 21.4 Å². The summed E-state index contributed by atoms with van der Waals surface area (Å²) in [6, 6.07) is 12.9. The monoisotopic (exact) mass is 375 g/mol. The molecule has 1 aliphatic heterocycles. The molecule has 1 heterocycles. The summed E-state index contributed by atoms with van der Waals surface area (Å²) in [5.74, 6) is -0.980. The van der Waals surface area contributed by atoms with Gasteiger partial charge in [-0.15, -0.1) is 0 Å². The quantitative estimate of drug-likeness (QED) is 0.830. The van der Waals surface area contributed by atoms with Gasteiger partial charge in [-0.25, -0.2) is 9.79 Å². The minimum atomic E-state index is -0.674. The van der Waals surface area contributed by atoms with Crippen molar-refractivity contribution in [2.75, 3.05) is 5.32 Å². The van der Waals surface area contributed by atoms with Crippen molar-refractivity contribution in [3.8, 4) is 0 Å². The van der Waals surface area contributed by atoms with Gasteiger partial charge in [-0.2, -0.15) is 0 Å². The number of halogens is 2. The van der Waals surface area contributed by atoms with Crippen LogP contribution in [-0.4, -0.2) is 17.6 Å². The molecule has 0 radical (unpaired) electrons. The third kappa shape index (κ3) is 3.83. The number of amides is 3. The Hall–Kier alpha value is -2.37. The molecule has 0 spiro atoms. The number of benzene rings is 2. The number of rotatable bonds is 3. The molecule has 2 aromatic carbocycles. The average molecular weight is 376 g/mol. The summed E-state index contributed by atoms with van der Waals surface area (Å²) >= 11 is 12.2. The maximum absolute atomic E-state index is 12.9. The van der Waals surface area contributed by atoms with Crippen LogP contribution in [0.5, 0.6) is 0 Å². The first-order valence-corrected chi connectivity index (χ1v) is 8.38. The van der Waals surface area contributed by atoms with Gasteiger partial charge < -0.3 is 10.6 Å². The van der Waals surface area contributed by atoms with E-state index in [4.69, 9.17) is 23.2 Å². The molecule has 0 saturated carbocycles. The van der Waals surface area contributed by atoms with E-state index >= 15 is 0 Å². The number of nitrogens with one attached hydrogen (secondary N) is 2. The Morgan fingerprint density at radius 1 is 1.16 bits per heavy atom. The van der Waals surface area contributed by atoms with Crippen LogP contribution in [0, 0.1) is 5.92 Å². The molecule has 0 fully saturated rings. The fourth-order valence-corrected chi connectivity index (χ4v) is 3.19. The number of para-hydroxylation sites is 1. The van der Waals surface area contributed by atoms with Gasteiger partial charge in [0.2, 0.25) is 5.91 Å². The second-order valence-corrected chi connectivity index (χ2v) is 6.53. The summed E-state index contributed by atoms with van der Waals surface area (Å²) in [5.41, 5.74) is 1.66. The maximum Gasteiger partial charge on any atom is 0.341 e. The van der Waals surface area contributed by atoms with E-state index in [1.807, 2.05) is 6.07 Å². The van der Waals surface area contributed by atoms with Crippen LogP contribution in [0.15, 0.2) is 53.5 Å². The van der Waals surface area contributed by atoms with Crippen molar-refractivity contribution < 1.29 is 9.59 Å². The highest BCUT2D eigenvalue weighted by molar-refractivity contribution is 6.34. The van der Waals surface area contributed by atoms with Gasteiger partial charge in [-0.1, -0.05) is 47.5 Å². The molecule has 0 saturated heterocycles. The summed E-state index contributed by atoms with van der Waals surface area (Å²) in [6.07, 6.45) is 0. The van der Waals surface area contributed by atoms with Crippen molar-refractivity contribution in [1.82, 2.24) is 5.32 Å². The van der Waals surface area contributed by atoms with Crippen LogP contribution in [-0.2, 0) is 4.79 Å². The van der Waals surface area contributed by atoms with Crippen LogP contribution in [0.3, 0.4) is 0 Å². The normalized spacial score (nSPS) is 19.8. The van der Waals surface area contributed by atoms with Crippen molar-refractivity contribution in [2.45, 2.75) is 13.0 Å². The third-order valence-electron chi connectivity index (χ3n) is 3.96. The third-order valence-corrected chi connectivity index (χ3v) is 4.53. The lowest BCUT2D eigenvalue weighted by molar-refractivity contribution is -0.118. The Morgan fingerprint density at radius 3 is 2.64 bits per heavy atom. The molecule has 3 amide bonds.